The minimum atomic E-state index is -0.632. The first-order chi connectivity index (χ1) is 13.8. The highest BCUT2D eigenvalue weighted by Crippen LogP contribution is 2.26. The van der Waals surface area contributed by atoms with Crippen LogP contribution in [-0.4, -0.2) is 48.6 Å². The number of H-pyrrole nitrogens is 1. The highest BCUT2D eigenvalue weighted by molar-refractivity contribution is 6.01. The van der Waals surface area contributed by atoms with Gasteiger partial charge in [-0.2, -0.15) is 0 Å². The molecule has 7 nitrogen and oxygen atoms in total. The van der Waals surface area contributed by atoms with Crippen LogP contribution in [0.5, 0.6) is 5.75 Å². The van der Waals surface area contributed by atoms with Gasteiger partial charge in [0.25, 0.3) is 5.91 Å². The van der Waals surface area contributed by atoms with Gasteiger partial charge < -0.3 is 25.3 Å². The molecule has 0 aliphatic carbocycles. The van der Waals surface area contributed by atoms with E-state index in [1.165, 1.54) is 0 Å². The van der Waals surface area contributed by atoms with Gasteiger partial charge in [-0.3, -0.25) is 9.59 Å². The highest BCUT2D eigenvalue weighted by atomic mass is 16.5. The monoisotopic (exact) mass is 398 g/mol. The third kappa shape index (κ3) is 6.14. The Morgan fingerprint density at radius 3 is 2.76 bits per heavy atom. The van der Waals surface area contributed by atoms with Crippen LogP contribution >= 0.6 is 0 Å². The molecule has 2 rings (SSSR count). The van der Waals surface area contributed by atoms with Gasteiger partial charge in [0.1, 0.15) is 17.5 Å². The number of nitrogens with zero attached hydrogens (tertiary/aromatic N) is 1. The number of rotatable bonds is 10. The topological polar surface area (TPSA) is 86.5 Å². The number of aromatic amines is 1. The fraction of sp³-hybridized carbons (Fsp3) is 0.364. The van der Waals surface area contributed by atoms with Crippen molar-refractivity contribution >= 4 is 22.7 Å². The fourth-order valence-corrected chi connectivity index (χ4v) is 2.95. The first-order valence-electron chi connectivity index (χ1n) is 9.59. The number of ether oxygens (including phenoxy) is 1. The van der Waals surface area contributed by atoms with E-state index in [0.29, 0.717) is 24.5 Å². The summed E-state index contributed by atoms with van der Waals surface area (Å²) in [7, 11) is 3.43. The molecule has 3 N–H and O–H groups in total. The highest BCUT2D eigenvalue weighted by Gasteiger charge is 2.23. The summed E-state index contributed by atoms with van der Waals surface area (Å²) >= 11 is 0. The van der Waals surface area contributed by atoms with E-state index in [9.17, 15) is 9.59 Å². The minimum absolute atomic E-state index is 0.223. The Balaban J connectivity index is 2.10. The largest absolute Gasteiger partial charge is 0.496 e. The van der Waals surface area contributed by atoms with Crippen molar-refractivity contribution in [3.8, 4) is 5.75 Å². The molecule has 0 aliphatic rings. The predicted molar refractivity (Wildman–Crippen MR) is 116 cm³/mol. The Morgan fingerprint density at radius 2 is 2.10 bits per heavy atom. The summed E-state index contributed by atoms with van der Waals surface area (Å²) in [6.07, 6.45) is 5.79. The van der Waals surface area contributed by atoms with Crippen LogP contribution in [0.1, 0.15) is 30.8 Å². The number of allylic oxidation sites excluding steroid dienone is 2. The van der Waals surface area contributed by atoms with Crippen molar-refractivity contribution in [2.45, 2.75) is 26.3 Å². The van der Waals surface area contributed by atoms with Crippen LogP contribution in [0.3, 0.4) is 0 Å². The van der Waals surface area contributed by atoms with Gasteiger partial charge >= 0.3 is 0 Å². The van der Waals surface area contributed by atoms with Crippen LogP contribution in [0.4, 0.5) is 0 Å². The Hall–Kier alpha value is -3.22. The van der Waals surface area contributed by atoms with Crippen molar-refractivity contribution in [3.05, 3.63) is 54.9 Å². The van der Waals surface area contributed by atoms with E-state index in [1.807, 2.05) is 44.0 Å². The molecule has 1 aromatic heterocycles. The van der Waals surface area contributed by atoms with Gasteiger partial charge in [-0.05, 0) is 36.6 Å². The average Bonchev–Trinajstić information content (AvgIpc) is 3.14. The lowest BCUT2D eigenvalue weighted by Gasteiger charge is -2.22. The summed E-state index contributed by atoms with van der Waals surface area (Å²) in [5.41, 5.74) is 1.19. The molecule has 0 unspecified atom stereocenters. The standard InChI is InChI=1S/C22H30N4O3/c1-6-7-11-26(4)14-23-21(27)18(12-15(2)3)25-22(28)19-13-16-17(24-19)9-8-10-20(16)29-5/h6-11,13,15,18,24H,1,12,14H2,2-5H3,(H,23,27)(H,25,28)/b11-7-/t18-/m0/s1. The summed E-state index contributed by atoms with van der Waals surface area (Å²) in [6.45, 7) is 7.97. The number of hydrogen-bond donors (Lipinski definition) is 3. The van der Waals surface area contributed by atoms with Crippen molar-refractivity contribution < 1.29 is 14.3 Å². The van der Waals surface area contributed by atoms with E-state index in [0.717, 1.165) is 10.9 Å². The molecular formula is C22H30N4O3. The lowest BCUT2D eigenvalue weighted by Crippen LogP contribution is -2.49. The molecule has 0 saturated heterocycles. The third-order valence-electron chi connectivity index (χ3n) is 4.40. The van der Waals surface area contributed by atoms with Crippen LogP contribution in [0.2, 0.25) is 0 Å². The number of carbonyl (C=O) groups is 2. The molecule has 2 amide bonds. The SMILES string of the molecule is C=C/C=C\N(C)CNC(=O)[C@H](CC(C)C)NC(=O)c1cc2c(OC)cccc2[nH]1. The Labute approximate surface area is 171 Å². The summed E-state index contributed by atoms with van der Waals surface area (Å²) in [5.74, 6) is 0.376. The van der Waals surface area contributed by atoms with E-state index in [1.54, 1.807) is 31.5 Å². The zero-order valence-corrected chi connectivity index (χ0v) is 17.5. The molecule has 1 heterocycles. The van der Waals surface area contributed by atoms with E-state index in [4.69, 9.17) is 4.74 Å². The molecule has 0 radical (unpaired) electrons. The Kier molecular flexibility index (Phi) is 7.88. The molecule has 0 aliphatic heterocycles. The number of methoxy groups -OCH3 is 1. The zero-order valence-electron chi connectivity index (χ0n) is 17.5. The van der Waals surface area contributed by atoms with Gasteiger partial charge in [0, 0.05) is 24.2 Å². The maximum Gasteiger partial charge on any atom is 0.268 e. The van der Waals surface area contributed by atoms with E-state index in [-0.39, 0.29) is 17.7 Å². The maximum absolute atomic E-state index is 12.8. The molecule has 7 heteroatoms. The van der Waals surface area contributed by atoms with Gasteiger partial charge in [-0.25, -0.2) is 0 Å². The molecule has 156 valence electrons. The summed E-state index contributed by atoms with van der Waals surface area (Å²) < 4.78 is 5.34. The van der Waals surface area contributed by atoms with Crippen LogP contribution < -0.4 is 15.4 Å². The summed E-state index contributed by atoms with van der Waals surface area (Å²) in [6, 6.07) is 6.67. The van der Waals surface area contributed by atoms with Crippen molar-refractivity contribution in [1.29, 1.82) is 0 Å². The lowest BCUT2D eigenvalue weighted by molar-refractivity contribution is -0.123. The lowest BCUT2D eigenvalue weighted by atomic mass is 10.0. The third-order valence-corrected chi connectivity index (χ3v) is 4.40. The molecule has 2 aromatic rings. The molecule has 1 aromatic carbocycles. The van der Waals surface area contributed by atoms with Gasteiger partial charge in [0.15, 0.2) is 0 Å². The second-order valence-electron chi connectivity index (χ2n) is 7.29. The summed E-state index contributed by atoms with van der Waals surface area (Å²) in [4.78, 5) is 30.4. The number of hydrogen-bond acceptors (Lipinski definition) is 4. The number of aromatic nitrogens is 1. The van der Waals surface area contributed by atoms with Crippen LogP contribution in [0, 0.1) is 5.92 Å². The first kappa shape index (κ1) is 22.1. The normalized spacial score (nSPS) is 12.2. The number of carbonyl (C=O) groups excluding carboxylic acids is 2. The molecular weight excluding hydrogens is 368 g/mol. The van der Waals surface area contributed by atoms with E-state index >= 15 is 0 Å². The average molecular weight is 399 g/mol. The molecule has 0 spiro atoms. The number of amides is 2. The van der Waals surface area contributed by atoms with E-state index in [2.05, 4.69) is 22.2 Å². The van der Waals surface area contributed by atoms with Crippen molar-refractivity contribution in [2.24, 2.45) is 5.92 Å². The van der Waals surface area contributed by atoms with Crippen LogP contribution in [0.25, 0.3) is 10.9 Å². The minimum Gasteiger partial charge on any atom is -0.496 e. The molecule has 1 atom stereocenters. The quantitative estimate of drug-likeness (QED) is 0.424. The maximum atomic E-state index is 12.8. The smallest absolute Gasteiger partial charge is 0.268 e. The molecule has 29 heavy (non-hydrogen) atoms. The van der Waals surface area contributed by atoms with Crippen LogP contribution in [-0.2, 0) is 4.79 Å². The second-order valence-corrected chi connectivity index (χ2v) is 7.29. The Morgan fingerprint density at radius 1 is 1.34 bits per heavy atom. The number of benzene rings is 1. The summed E-state index contributed by atoms with van der Waals surface area (Å²) in [5, 5.41) is 6.53. The van der Waals surface area contributed by atoms with Crippen molar-refractivity contribution in [2.75, 3.05) is 20.8 Å². The van der Waals surface area contributed by atoms with Crippen molar-refractivity contribution in [3.63, 3.8) is 0 Å². The zero-order chi connectivity index (χ0) is 21.4. The van der Waals surface area contributed by atoms with Gasteiger partial charge in [0.05, 0.1) is 13.8 Å². The molecule has 0 bridgehead atoms. The fourth-order valence-electron chi connectivity index (χ4n) is 2.95. The first-order valence-corrected chi connectivity index (χ1v) is 9.59. The molecule has 0 fully saturated rings. The van der Waals surface area contributed by atoms with E-state index < -0.39 is 6.04 Å². The Bertz CT molecular complexity index is 885. The van der Waals surface area contributed by atoms with Gasteiger partial charge in [-0.15, -0.1) is 0 Å². The van der Waals surface area contributed by atoms with Gasteiger partial charge in [0.2, 0.25) is 5.91 Å². The second kappa shape index (κ2) is 10.4. The predicted octanol–water partition coefficient (Wildman–Crippen LogP) is 3.03. The number of fused-ring (bicyclic) bond motifs is 1. The molecule has 0 saturated carbocycles. The number of nitrogens with one attached hydrogen (secondary N) is 3. The van der Waals surface area contributed by atoms with Crippen molar-refractivity contribution in [1.82, 2.24) is 20.5 Å². The van der Waals surface area contributed by atoms with Gasteiger partial charge in [-0.1, -0.05) is 32.6 Å². The van der Waals surface area contributed by atoms with Crippen LogP contribution in [0.15, 0.2) is 49.2 Å².